The fraction of sp³-hybridized carbons (Fsp3) is 0.583. The Hall–Kier alpha value is -1.13. The number of hydrogen-bond donors (Lipinski definition) is 1. The Morgan fingerprint density at radius 1 is 1.50 bits per heavy atom. The van der Waals surface area contributed by atoms with Crippen LogP contribution in [-0.2, 0) is 11.3 Å². The highest BCUT2D eigenvalue weighted by atomic mass is 16.6. The standard InChI is InChI=1S/C12H17NO3/c1-8(2)11-3-9(5-14)4-12(13-11)16-10-6-15-7-10/h3-4,8,10,14H,5-7H2,1-2H3. The zero-order valence-electron chi connectivity index (χ0n) is 9.64. The molecule has 1 N–H and O–H groups in total. The predicted molar refractivity (Wildman–Crippen MR) is 59.5 cm³/mol. The van der Waals surface area contributed by atoms with Crippen LogP contribution in [0.25, 0.3) is 0 Å². The molecule has 0 unspecified atom stereocenters. The summed E-state index contributed by atoms with van der Waals surface area (Å²) >= 11 is 0. The van der Waals surface area contributed by atoms with E-state index < -0.39 is 0 Å². The summed E-state index contributed by atoms with van der Waals surface area (Å²) in [6.07, 6.45) is 0.112. The van der Waals surface area contributed by atoms with E-state index >= 15 is 0 Å². The Kier molecular flexibility index (Phi) is 3.41. The zero-order chi connectivity index (χ0) is 11.5. The van der Waals surface area contributed by atoms with Gasteiger partial charge in [-0.05, 0) is 17.5 Å². The van der Waals surface area contributed by atoms with Crippen LogP contribution >= 0.6 is 0 Å². The minimum absolute atomic E-state index is 0.0137. The zero-order valence-corrected chi connectivity index (χ0v) is 9.64. The van der Waals surface area contributed by atoms with E-state index in [0.29, 0.717) is 25.0 Å². The Bertz CT molecular complexity index is 361. The molecule has 4 nitrogen and oxygen atoms in total. The molecule has 16 heavy (non-hydrogen) atoms. The van der Waals surface area contributed by atoms with E-state index in [2.05, 4.69) is 18.8 Å². The van der Waals surface area contributed by atoms with Crippen LogP contribution < -0.4 is 4.74 Å². The number of nitrogens with zero attached hydrogens (tertiary/aromatic N) is 1. The second-order valence-corrected chi connectivity index (χ2v) is 4.33. The van der Waals surface area contributed by atoms with E-state index in [9.17, 15) is 0 Å². The molecule has 0 aromatic carbocycles. The Labute approximate surface area is 95.2 Å². The van der Waals surface area contributed by atoms with Gasteiger partial charge in [-0.15, -0.1) is 0 Å². The van der Waals surface area contributed by atoms with Crippen LogP contribution in [0.3, 0.4) is 0 Å². The highest BCUT2D eigenvalue weighted by Gasteiger charge is 2.21. The van der Waals surface area contributed by atoms with Crippen LogP contribution in [0.5, 0.6) is 5.88 Å². The van der Waals surface area contributed by atoms with Gasteiger partial charge in [0, 0.05) is 11.8 Å². The van der Waals surface area contributed by atoms with E-state index in [1.807, 2.05) is 6.07 Å². The average molecular weight is 223 g/mol. The molecule has 1 aromatic rings. The predicted octanol–water partition coefficient (Wildman–Crippen LogP) is 1.47. The Morgan fingerprint density at radius 3 is 2.75 bits per heavy atom. The normalized spacial score (nSPS) is 16.2. The number of pyridine rings is 1. The van der Waals surface area contributed by atoms with Gasteiger partial charge in [0.1, 0.15) is 6.10 Å². The summed E-state index contributed by atoms with van der Waals surface area (Å²) in [7, 11) is 0. The van der Waals surface area contributed by atoms with Crippen molar-refractivity contribution in [1.82, 2.24) is 4.98 Å². The van der Waals surface area contributed by atoms with E-state index in [4.69, 9.17) is 14.6 Å². The topological polar surface area (TPSA) is 51.6 Å². The maximum absolute atomic E-state index is 9.17. The first kappa shape index (κ1) is 11.4. The van der Waals surface area contributed by atoms with Gasteiger partial charge < -0.3 is 14.6 Å². The van der Waals surface area contributed by atoms with Crippen LogP contribution in [-0.4, -0.2) is 29.4 Å². The van der Waals surface area contributed by atoms with Gasteiger partial charge >= 0.3 is 0 Å². The molecule has 4 heteroatoms. The van der Waals surface area contributed by atoms with E-state index in [-0.39, 0.29) is 12.7 Å². The first-order valence-corrected chi connectivity index (χ1v) is 5.55. The highest BCUT2D eigenvalue weighted by Crippen LogP contribution is 2.21. The SMILES string of the molecule is CC(C)c1cc(CO)cc(OC2COC2)n1. The Morgan fingerprint density at radius 2 is 2.25 bits per heavy atom. The van der Waals surface area contributed by atoms with Gasteiger partial charge in [-0.25, -0.2) is 4.98 Å². The monoisotopic (exact) mass is 223 g/mol. The van der Waals surface area contributed by atoms with Crippen molar-refractivity contribution in [2.75, 3.05) is 13.2 Å². The molecule has 0 amide bonds. The summed E-state index contributed by atoms with van der Waals surface area (Å²) in [6, 6.07) is 3.69. The number of rotatable bonds is 4. The molecule has 0 aliphatic carbocycles. The maximum atomic E-state index is 9.17. The number of aromatic nitrogens is 1. The van der Waals surface area contributed by atoms with Crippen molar-refractivity contribution < 1.29 is 14.6 Å². The number of aliphatic hydroxyl groups is 1. The summed E-state index contributed by atoms with van der Waals surface area (Å²) in [6.45, 7) is 5.41. The summed E-state index contributed by atoms with van der Waals surface area (Å²) in [5.74, 6) is 0.912. The third-order valence-electron chi connectivity index (χ3n) is 2.55. The fourth-order valence-corrected chi connectivity index (χ4v) is 1.48. The van der Waals surface area contributed by atoms with E-state index in [0.717, 1.165) is 11.3 Å². The lowest BCUT2D eigenvalue weighted by molar-refractivity contribution is -0.0814. The van der Waals surface area contributed by atoms with Crippen LogP contribution in [0, 0.1) is 0 Å². The molecule has 1 fully saturated rings. The van der Waals surface area contributed by atoms with Crippen molar-refractivity contribution in [3.05, 3.63) is 23.4 Å². The molecule has 2 rings (SSSR count). The summed E-state index contributed by atoms with van der Waals surface area (Å²) in [5.41, 5.74) is 1.79. The fourth-order valence-electron chi connectivity index (χ4n) is 1.48. The molecule has 1 saturated heterocycles. The van der Waals surface area contributed by atoms with Gasteiger partial charge in [0.2, 0.25) is 5.88 Å². The van der Waals surface area contributed by atoms with Gasteiger partial charge in [0.25, 0.3) is 0 Å². The Balaban J connectivity index is 2.18. The molecular formula is C12H17NO3. The minimum Gasteiger partial charge on any atom is -0.469 e. The van der Waals surface area contributed by atoms with Crippen LogP contribution in [0.15, 0.2) is 12.1 Å². The van der Waals surface area contributed by atoms with Crippen molar-refractivity contribution in [3.8, 4) is 5.88 Å². The molecule has 1 aliphatic rings. The van der Waals surface area contributed by atoms with Gasteiger partial charge in [-0.1, -0.05) is 13.8 Å². The molecule has 0 saturated carbocycles. The molecule has 2 heterocycles. The van der Waals surface area contributed by atoms with Crippen molar-refractivity contribution in [3.63, 3.8) is 0 Å². The van der Waals surface area contributed by atoms with Gasteiger partial charge in [-0.3, -0.25) is 0 Å². The molecule has 0 atom stereocenters. The van der Waals surface area contributed by atoms with Crippen molar-refractivity contribution in [2.45, 2.75) is 32.5 Å². The lowest BCUT2D eigenvalue weighted by Gasteiger charge is -2.26. The van der Waals surface area contributed by atoms with Crippen molar-refractivity contribution in [1.29, 1.82) is 0 Å². The molecule has 1 aliphatic heterocycles. The second-order valence-electron chi connectivity index (χ2n) is 4.33. The maximum Gasteiger partial charge on any atom is 0.214 e. The molecule has 1 aromatic heterocycles. The van der Waals surface area contributed by atoms with Gasteiger partial charge in [0.15, 0.2) is 0 Å². The highest BCUT2D eigenvalue weighted by molar-refractivity contribution is 5.26. The number of aliphatic hydroxyl groups excluding tert-OH is 1. The first-order chi connectivity index (χ1) is 7.69. The second kappa shape index (κ2) is 4.80. The largest absolute Gasteiger partial charge is 0.469 e. The quantitative estimate of drug-likeness (QED) is 0.840. The average Bonchev–Trinajstić information content (AvgIpc) is 2.23. The smallest absolute Gasteiger partial charge is 0.214 e. The number of ether oxygens (including phenoxy) is 2. The van der Waals surface area contributed by atoms with E-state index in [1.54, 1.807) is 6.07 Å². The third-order valence-corrected chi connectivity index (χ3v) is 2.55. The van der Waals surface area contributed by atoms with Crippen LogP contribution in [0.2, 0.25) is 0 Å². The molecular weight excluding hydrogens is 206 g/mol. The molecule has 0 bridgehead atoms. The first-order valence-electron chi connectivity index (χ1n) is 5.55. The molecule has 88 valence electrons. The van der Waals surface area contributed by atoms with Crippen molar-refractivity contribution in [2.24, 2.45) is 0 Å². The lowest BCUT2D eigenvalue weighted by Crippen LogP contribution is -2.38. The van der Waals surface area contributed by atoms with Gasteiger partial charge in [-0.2, -0.15) is 0 Å². The molecule has 0 spiro atoms. The summed E-state index contributed by atoms with van der Waals surface area (Å²) < 4.78 is 10.7. The lowest BCUT2D eigenvalue weighted by atomic mass is 10.1. The van der Waals surface area contributed by atoms with Gasteiger partial charge in [0.05, 0.1) is 19.8 Å². The minimum atomic E-state index is 0.0137. The van der Waals surface area contributed by atoms with Crippen LogP contribution in [0.4, 0.5) is 0 Å². The third kappa shape index (κ3) is 2.51. The van der Waals surface area contributed by atoms with Crippen LogP contribution in [0.1, 0.15) is 31.0 Å². The molecule has 0 radical (unpaired) electrons. The summed E-state index contributed by atoms with van der Waals surface area (Å²) in [5, 5.41) is 9.17. The van der Waals surface area contributed by atoms with Crippen molar-refractivity contribution >= 4 is 0 Å². The number of hydrogen-bond acceptors (Lipinski definition) is 4. The summed E-state index contributed by atoms with van der Waals surface area (Å²) in [4.78, 5) is 4.41. The van der Waals surface area contributed by atoms with E-state index in [1.165, 1.54) is 0 Å².